The highest BCUT2D eigenvalue weighted by molar-refractivity contribution is 7.51. The second kappa shape index (κ2) is 8.98. The molecule has 0 radical (unpaired) electrons. The van der Waals surface area contributed by atoms with E-state index in [4.69, 9.17) is 30.9 Å². The van der Waals surface area contributed by atoms with E-state index in [-0.39, 0.29) is 16.7 Å². The third-order valence-electron chi connectivity index (χ3n) is 4.48. The highest BCUT2D eigenvalue weighted by Gasteiger charge is 2.42. The number of anilines is 1. The molecule has 170 valence electrons. The average molecular weight is 485 g/mol. The molecule has 5 N–H and O–H groups in total. The molecule has 15 heteroatoms. The summed E-state index contributed by atoms with van der Waals surface area (Å²) in [6, 6.07) is 3.66. The smallest absolute Gasteiger partial charge is 0.362 e. The molecule has 1 aliphatic rings. The summed E-state index contributed by atoms with van der Waals surface area (Å²) in [6.07, 6.45) is 0.495. The largest absolute Gasteiger partial charge is 0.485 e. The Morgan fingerprint density at radius 2 is 2.03 bits per heavy atom. The normalized spacial score (nSPS) is 22.3. The van der Waals surface area contributed by atoms with Gasteiger partial charge in [0.25, 0.3) is 0 Å². The van der Waals surface area contributed by atoms with Crippen molar-refractivity contribution in [3.63, 3.8) is 0 Å². The van der Waals surface area contributed by atoms with Crippen molar-refractivity contribution in [3.05, 3.63) is 53.7 Å². The molecule has 1 saturated heterocycles. The molecule has 0 aromatic carbocycles. The number of aliphatic hydroxyl groups is 2. The molecule has 3 aromatic heterocycles. The van der Waals surface area contributed by atoms with Gasteiger partial charge in [0.15, 0.2) is 29.1 Å². The minimum Gasteiger partial charge on any atom is -0.485 e. The summed E-state index contributed by atoms with van der Waals surface area (Å²) in [7, 11) is -4.42. The fourth-order valence-electron chi connectivity index (χ4n) is 3.02. The Labute approximate surface area is 185 Å². The van der Waals surface area contributed by atoms with Gasteiger partial charge < -0.3 is 34.8 Å². The summed E-state index contributed by atoms with van der Waals surface area (Å²) in [5.41, 5.74) is 1.53. The van der Waals surface area contributed by atoms with E-state index in [0.717, 1.165) is 11.8 Å². The molecule has 4 rings (SSSR count). The highest BCUT2D eigenvalue weighted by Crippen LogP contribution is 2.37. The van der Waals surface area contributed by atoms with Crippen LogP contribution in [0.15, 0.2) is 42.9 Å². The molecule has 0 saturated carbocycles. The minimum absolute atomic E-state index is 0.0785. The van der Waals surface area contributed by atoms with Crippen molar-refractivity contribution in [3.8, 4) is 0 Å². The number of nitrogens with one attached hydrogen (secondary N) is 1. The van der Waals surface area contributed by atoms with E-state index in [0.29, 0.717) is 17.9 Å². The standard InChI is InChI=1S/C17H18ClN6O7P/c18-17-22-14(20-5-9-1-3-19-4-2-9)11-15(23-17)24(7-21-11)16-13(26)12(25)10(31-16)6-30-8-32(27,28)29/h1-4,6-7,12-13,16,25-26H,5,8H2,(H,20,22,23)(H2,27,28,29)/t12-,13-,16-/m1/s1. The number of rotatable bonds is 7. The predicted molar refractivity (Wildman–Crippen MR) is 110 cm³/mol. The van der Waals surface area contributed by atoms with E-state index < -0.39 is 32.4 Å². The van der Waals surface area contributed by atoms with E-state index in [2.05, 4.69) is 25.3 Å². The molecule has 13 nitrogen and oxygen atoms in total. The highest BCUT2D eigenvalue weighted by atomic mass is 35.5. The van der Waals surface area contributed by atoms with Crippen LogP contribution in [0.3, 0.4) is 0 Å². The van der Waals surface area contributed by atoms with Gasteiger partial charge in [-0.15, -0.1) is 0 Å². The first kappa shape index (κ1) is 22.4. The van der Waals surface area contributed by atoms with Gasteiger partial charge in [0, 0.05) is 18.9 Å². The average Bonchev–Trinajstić information content (AvgIpc) is 3.28. The Morgan fingerprint density at radius 3 is 2.75 bits per heavy atom. The van der Waals surface area contributed by atoms with Gasteiger partial charge in [-0.25, -0.2) is 4.98 Å². The fourth-order valence-corrected chi connectivity index (χ4v) is 3.46. The fraction of sp³-hybridized carbons (Fsp3) is 0.294. The second-order valence-electron chi connectivity index (χ2n) is 6.80. The third-order valence-corrected chi connectivity index (χ3v) is 5.14. The zero-order chi connectivity index (χ0) is 22.9. The number of aromatic nitrogens is 5. The number of fused-ring (bicyclic) bond motifs is 1. The van der Waals surface area contributed by atoms with E-state index in [9.17, 15) is 14.8 Å². The number of halogens is 1. The van der Waals surface area contributed by atoms with Crippen LogP contribution in [0, 0.1) is 0 Å². The lowest BCUT2D eigenvalue weighted by atomic mass is 10.2. The van der Waals surface area contributed by atoms with Crippen LogP contribution >= 0.6 is 19.2 Å². The van der Waals surface area contributed by atoms with Crippen LogP contribution in [-0.2, 0) is 20.6 Å². The Bertz CT molecular complexity index is 1190. The van der Waals surface area contributed by atoms with Crippen LogP contribution in [0.25, 0.3) is 11.2 Å². The maximum atomic E-state index is 10.9. The molecule has 0 spiro atoms. The van der Waals surface area contributed by atoms with Gasteiger partial charge in [-0.2, -0.15) is 9.97 Å². The monoisotopic (exact) mass is 484 g/mol. The van der Waals surface area contributed by atoms with Gasteiger partial charge in [0.05, 0.1) is 0 Å². The molecule has 3 atom stereocenters. The maximum absolute atomic E-state index is 10.9. The maximum Gasteiger partial charge on any atom is 0.362 e. The SMILES string of the molecule is O=P(O)(O)COC=C1O[C@@H](n2cnc3c(NCc4ccncc4)nc(Cl)nc32)[C@H](O)[C@@H]1O. The van der Waals surface area contributed by atoms with Crippen molar-refractivity contribution < 1.29 is 34.0 Å². The number of hydrogen-bond acceptors (Lipinski definition) is 10. The topological polar surface area (TPSA) is 185 Å². The van der Waals surface area contributed by atoms with Crippen molar-refractivity contribution in [1.82, 2.24) is 24.5 Å². The Kier molecular flexibility index (Phi) is 6.29. The summed E-state index contributed by atoms with van der Waals surface area (Å²) >= 11 is 6.07. The molecular weight excluding hydrogens is 467 g/mol. The Morgan fingerprint density at radius 1 is 1.28 bits per heavy atom. The number of pyridine rings is 1. The molecule has 32 heavy (non-hydrogen) atoms. The van der Waals surface area contributed by atoms with Crippen LogP contribution in [-0.4, -0.2) is 63.1 Å². The van der Waals surface area contributed by atoms with Crippen molar-refractivity contribution in [2.24, 2.45) is 0 Å². The Hall–Kier alpha value is -2.80. The van der Waals surface area contributed by atoms with E-state index in [1.165, 1.54) is 10.9 Å². The number of nitrogens with zero attached hydrogens (tertiary/aromatic N) is 5. The van der Waals surface area contributed by atoms with Crippen LogP contribution in [0.4, 0.5) is 5.82 Å². The molecule has 0 aliphatic carbocycles. The van der Waals surface area contributed by atoms with E-state index in [1.54, 1.807) is 12.4 Å². The lowest BCUT2D eigenvalue weighted by molar-refractivity contribution is -0.0122. The summed E-state index contributed by atoms with van der Waals surface area (Å²) in [4.78, 5) is 34.3. The molecule has 3 aromatic rings. The number of hydrogen-bond donors (Lipinski definition) is 5. The molecular formula is C17H18ClN6O7P. The van der Waals surface area contributed by atoms with Crippen molar-refractivity contribution in [2.45, 2.75) is 25.0 Å². The quantitative estimate of drug-likeness (QED) is 0.180. The van der Waals surface area contributed by atoms with Crippen LogP contribution in [0.2, 0.25) is 5.28 Å². The van der Waals surface area contributed by atoms with Crippen LogP contribution in [0.1, 0.15) is 11.8 Å². The summed E-state index contributed by atoms with van der Waals surface area (Å²) < 4.78 is 22.6. The van der Waals surface area contributed by atoms with Gasteiger partial charge in [-0.05, 0) is 29.3 Å². The molecule has 1 fully saturated rings. The molecule has 4 heterocycles. The summed E-state index contributed by atoms with van der Waals surface area (Å²) in [6.45, 7) is 0.420. The van der Waals surface area contributed by atoms with Crippen molar-refractivity contribution in [2.75, 3.05) is 11.7 Å². The zero-order valence-electron chi connectivity index (χ0n) is 16.2. The number of aliphatic hydroxyl groups excluding tert-OH is 2. The Balaban J connectivity index is 1.59. The van der Waals surface area contributed by atoms with Gasteiger partial charge >= 0.3 is 7.60 Å². The minimum atomic E-state index is -4.42. The van der Waals surface area contributed by atoms with Gasteiger partial charge in [-0.3, -0.25) is 14.1 Å². The molecule has 0 bridgehead atoms. The molecule has 0 amide bonds. The van der Waals surface area contributed by atoms with Crippen molar-refractivity contribution in [1.29, 1.82) is 0 Å². The van der Waals surface area contributed by atoms with Gasteiger partial charge in [-0.1, -0.05) is 0 Å². The lowest BCUT2D eigenvalue weighted by Crippen LogP contribution is -2.27. The zero-order valence-corrected chi connectivity index (χ0v) is 17.8. The molecule has 0 unspecified atom stereocenters. The lowest BCUT2D eigenvalue weighted by Gasteiger charge is -2.16. The summed E-state index contributed by atoms with van der Waals surface area (Å²) in [5, 5.41) is 23.7. The van der Waals surface area contributed by atoms with Gasteiger partial charge in [0.2, 0.25) is 11.5 Å². The first-order chi connectivity index (χ1) is 15.2. The van der Waals surface area contributed by atoms with Crippen LogP contribution < -0.4 is 5.32 Å². The van der Waals surface area contributed by atoms with Crippen molar-refractivity contribution >= 4 is 36.2 Å². The first-order valence-corrected chi connectivity index (χ1v) is 11.3. The van der Waals surface area contributed by atoms with E-state index in [1.807, 2.05) is 12.1 Å². The predicted octanol–water partition coefficient (Wildman–Crippen LogP) is 0.731. The third kappa shape index (κ3) is 4.83. The van der Waals surface area contributed by atoms with Gasteiger partial charge in [0.1, 0.15) is 24.8 Å². The number of ether oxygens (including phenoxy) is 2. The first-order valence-electron chi connectivity index (χ1n) is 9.15. The van der Waals surface area contributed by atoms with Crippen LogP contribution in [0.5, 0.6) is 0 Å². The second-order valence-corrected chi connectivity index (χ2v) is 8.72. The summed E-state index contributed by atoms with van der Waals surface area (Å²) in [5.74, 6) is 0.137. The number of imidazole rings is 1. The molecule has 1 aliphatic heterocycles. The van der Waals surface area contributed by atoms with E-state index >= 15 is 0 Å².